The number of nitrogens with zero attached hydrogens (tertiary/aromatic N) is 1. The van der Waals surface area contributed by atoms with E-state index in [0.29, 0.717) is 12.0 Å². The molecule has 2 heteroatoms. The van der Waals surface area contributed by atoms with Gasteiger partial charge in [-0.2, -0.15) is 0 Å². The number of aromatic nitrogens is 1. The predicted octanol–water partition coefficient (Wildman–Crippen LogP) is 3.84. The maximum atomic E-state index is 3.40. The van der Waals surface area contributed by atoms with E-state index in [9.17, 15) is 0 Å². The molecule has 1 unspecified atom stereocenters. The fourth-order valence-electron chi connectivity index (χ4n) is 2.49. The molecule has 0 aliphatic rings. The third-order valence-electron chi connectivity index (χ3n) is 3.73. The van der Waals surface area contributed by atoms with Crippen LogP contribution in [0.2, 0.25) is 0 Å². The highest BCUT2D eigenvalue weighted by molar-refractivity contribution is 5.16. The molecule has 0 amide bonds. The Morgan fingerprint density at radius 2 is 1.88 bits per heavy atom. The molecule has 0 saturated heterocycles. The first-order valence-corrected chi connectivity index (χ1v) is 6.95. The number of hydrogen-bond acceptors (Lipinski definition) is 1. The van der Waals surface area contributed by atoms with Gasteiger partial charge in [0.25, 0.3) is 0 Å². The van der Waals surface area contributed by atoms with Gasteiger partial charge in [-0.15, -0.1) is 0 Å². The number of rotatable bonds is 7. The number of hydrogen-bond donors (Lipinski definition) is 1. The van der Waals surface area contributed by atoms with E-state index < -0.39 is 0 Å². The van der Waals surface area contributed by atoms with Crippen LogP contribution in [0.25, 0.3) is 0 Å². The topological polar surface area (TPSA) is 17.0 Å². The molecule has 1 rings (SSSR count). The summed E-state index contributed by atoms with van der Waals surface area (Å²) in [6, 6.07) is 2.72. The monoisotopic (exact) mass is 236 g/mol. The van der Waals surface area contributed by atoms with E-state index in [4.69, 9.17) is 0 Å². The maximum absolute atomic E-state index is 3.40. The Morgan fingerprint density at radius 1 is 1.24 bits per heavy atom. The van der Waals surface area contributed by atoms with Crippen molar-refractivity contribution in [2.45, 2.75) is 53.1 Å². The van der Waals surface area contributed by atoms with Crippen LogP contribution in [0.4, 0.5) is 0 Å². The Kier molecular flexibility index (Phi) is 5.76. The van der Waals surface area contributed by atoms with Crippen LogP contribution in [0, 0.1) is 11.8 Å². The van der Waals surface area contributed by atoms with E-state index in [1.165, 1.54) is 18.4 Å². The molecule has 0 fully saturated rings. The van der Waals surface area contributed by atoms with E-state index >= 15 is 0 Å². The van der Waals surface area contributed by atoms with Gasteiger partial charge in [0.2, 0.25) is 0 Å². The lowest BCUT2D eigenvalue weighted by atomic mass is 9.99. The standard InChI is InChI=1S/C15H28N2/c1-6-13(7-2)10-17-9-8-14(11-17)15(16-5)12(3)4/h8-9,11-13,15-16H,6-7,10H2,1-5H3. The van der Waals surface area contributed by atoms with Gasteiger partial charge in [0.05, 0.1) is 0 Å². The molecule has 0 aromatic carbocycles. The second-order valence-corrected chi connectivity index (χ2v) is 5.33. The predicted molar refractivity (Wildman–Crippen MR) is 75.1 cm³/mol. The molecular formula is C15H28N2. The highest BCUT2D eigenvalue weighted by Gasteiger charge is 2.14. The third-order valence-corrected chi connectivity index (χ3v) is 3.73. The molecular weight excluding hydrogens is 208 g/mol. The third kappa shape index (κ3) is 3.88. The zero-order valence-electron chi connectivity index (χ0n) is 12.0. The highest BCUT2D eigenvalue weighted by atomic mass is 15.0. The maximum Gasteiger partial charge on any atom is 0.0355 e. The molecule has 0 spiro atoms. The normalized spacial score (nSPS) is 13.6. The van der Waals surface area contributed by atoms with Crippen LogP contribution in [0.5, 0.6) is 0 Å². The SMILES string of the molecule is CCC(CC)Cn1ccc(C(NC)C(C)C)c1. The molecule has 0 bridgehead atoms. The van der Waals surface area contributed by atoms with Crippen molar-refractivity contribution in [2.24, 2.45) is 11.8 Å². The van der Waals surface area contributed by atoms with Crippen molar-refractivity contribution in [2.75, 3.05) is 7.05 Å². The number of nitrogens with one attached hydrogen (secondary N) is 1. The quantitative estimate of drug-likeness (QED) is 0.761. The summed E-state index contributed by atoms with van der Waals surface area (Å²) in [6.07, 6.45) is 7.06. The molecule has 17 heavy (non-hydrogen) atoms. The summed E-state index contributed by atoms with van der Waals surface area (Å²) in [7, 11) is 2.04. The Balaban J connectivity index is 2.70. The molecule has 0 aliphatic heterocycles. The Bertz CT molecular complexity index is 310. The zero-order chi connectivity index (χ0) is 12.8. The van der Waals surface area contributed by atoms with Crippen LogP contribution in [-0.4, -0.2) is 11.6 Å². The van der Waals surface area contributed by atoms with Gasteiger partial charge < -0.3 is 9.88 Å². The summed E-state index contributed by atoms with van der Waals surface area (Å²) in [5, 5.41) is 3.40. The van der Waals surface area contributed by atoms with Gasteiger partial charge in [-0.25, -0.2) is 0 Å². The fourth-order valence-corrected chi connectivity index (χ4v) is 2.49. The van der Waals surface area contributed by atoms with Gasteiger partial charge in [-0.3, -0.25) is 0 Å². The lowest BCUT2D eigenvalue weighted by Crippen LogP contribution is -2.21. The first-order chi connectivity index (χ1) is 8.12. The largest absolute Gasteiger partial charge is 0.354 e. The van der Waals surface area contributed by atoms with E-state index in [1.807, 2.05) is 7.05 Å². The van der Waals surface area contributed by atoms with Crippen molar-refractivity contribution in [3.05, 3.63) is 24.0 Å². The highest BCUT2D eigenvalue weighted by Crippen LogP contribution is 2.22. The lowest BCUT2D eigenvalue weighted by Gasteiger charge is -2.19. The summed E-state index contributed by atoms with van der Waals surface area (Å²) in [5.74, 6) is 1.44. The Morgan fingerprint density at radius 3 is 2.35 bits per heavy atom. The summed E-state index contributed by atoms with van der Waals surface area (Å²) in [5.41, 5.74) is 1.41. The van der Waals surface area contributed by atoms with Crippen molar-refractivity contribution in [3.63, 3.8) is 0 Å². The van der Waals surface area contributed by atoms with Crippen LogP contribution in [0.3, 0.4) is 0 Å². The Labute approximate surface area is 106 Å². The second kappa shape index (κ2) is 6.85. The minimum absolute atomic E-state index is 0.470. The van der Waals surface area contributed by atoms with E-state index in [2.05, 4.69) is 56.0 Å². The lowest BCUT2D eigenvalue weighted by molar-refractivity contribution is 0.415. The molecule has 1 heterocycles. The van der Waals surface area contributed by atoms with Gasteiger partial charge in [0, 0.05) is 25.0 Å². The van der Waals surface area contributed by atoms with Crippen molar-refractivity contribution in [1.29, 1.82) is 0 Å². The van der Waals surface area contributed by atoms with Crippen LogP contribution in [0.15, 0.2) is 18.5 Å². The van der Waals surface area contributed by atoms with Crippen molar-refractivity contribution in [1.82, 2.24) is 9.88 Å². The molecule has 0 saturated carbocycles. The summed E-state index contributed by atoms with van der Waals surface area (Å²) in [4.78, 5) is 0. The molecule has 1 atom stereocenters. The minimum atomic E-state index is 0.470. The average Bonchev–Trinajstić information content (AvgIpc) is 2.74. The summed E-state index contributed by atoms with van der Waals surface area (Å²) < 4.78 is 2.35. The van der Waals surface area contributed by atoms with Crippen LogP contribution < -0.4 is 5.32 Å². The smallest absolute Gasteiger partial charge is 0.0355 e. The van der Waals surface area contributed by atoms with E-state index in [1.54, 1.807) is 0 Å². The van der Waals surface area contributed by atoms with Crippen LogP contribution in [0.1, 0.15) is 52.1 Å². The van der Waals surface area contributed by atoms with Crippen molar-refractivity contribution >= 4 is 0 Å². The molecule has 0 radical (unpaired) electrons. The molecule has 1 N–H and O–H groups in total. The van der Waals surface area contributed by atoms with Gasteiger partial charge >= 0.3 is 0 Å². The minimum Gasteiger partial charge on any atom is -0.354 e. The summed E-state index contributed by atoms with van der Waals surface area (Å²) >= 11 is 0. The summed E-state index contributed by atoms with van der Waals surface area (Å²) in [6.45, 7) is 10.2. The molecule has 1 aromatic rings. The molecule has 2 nitrogen and oxygen atoms in total. The zero-order valence-corrected chi connectivity index (χ0v) is 12.0. The van der Waals surface area contributed by atoms with Gasteiger partial charge in [0.15, 0.2) is 0 Å². The van der Waals surface area contributed by atoms with E-state index in [-0.39, 0.29) is 0 Å². The second-order valence-electron chi connectivity index (χ2n) is 5.33. The Hall–Kier alpha value is -0.760. The van der Waals surface area contributed by atoms with Gasteiger partial charge in [-0.1, -0.05) is 40.5 Å². The van der Waals surface area contributed by atoms with Gasteiger partial charge in [0.1, 0.15) is 0 Å². The van der Waals surface area contributed by atoms with Crippen LogP contribution >= 0.6 is 0 Å². The first kappa shape index (κ1) is 14.3. The van der Waals surface area contributed by atoms with Gasteiger partial charge in [-0.05, 0) is 30.5 Å². The van der Waals surface area contributed by atoms with Crippen molar-refractivity contribution < 1.29 is 0 Å². The molecule has 1 aromatic heterocycles. The first-order valence-electron chi connectivity index (χ1n) is 6.95. The molecule has 98 valence electrons. The van der Waals surface area contributed by atoms with E-state index in [0.717, 1.165) is 12.5 Å². The average molecular weight is 236 g/mol. The van der Waals surface area contributed by atoms with Crippen molar-refractivity contribution in [3.8, 4) is 0 Å². The molecule has 0 aliphatic carbocycles. The fraction of sp³-hybridized carbons (Fsp3) is 0.733. The van der Waals surface area contributed by atoms with Crippen LogP contribution in [-0.2, 0) is 6.54 Å².